The zero-order valence-corrected chi connectivity index (χ0v) is 20.1. The van der Waals surface area contributed by atoms with Crippen molar-refractivity contribution in [2.45, 2.75) is 19.8 Å². The first kappa shape index (κ1) is 25.2. The molecule has 0 saturated carbocycles. The van der Waals surface area contributed by atoms with E-state index in [-0.39, 0.29) is 11.0 Å². The average molecular weight is 479 g/mol. The Morgan fingerprint density at radius 3 is 2.38 bits per heavy atom. The van der Waals surface area contributed by atoms with Gasteiger partial charge in [0.1, 0.15) is 18.1 Å². The highest BCUT2D eigenvalue weighted by molar-refractivity contribution is 7.80. The van der Waals surface area contributed by atoms with E-state index in [2.05, 4.69) is 22.8 Å². The molecule has 0 unspecified atom stereocenters. The molecule has 34 heavy (non-hydrogen) atoms. The smallest absolute Gasteiger partial charge is 0.257 e. The van der Waals surface area contributed by atoms with Gasteiger partial charge in [0.25, 0.3) is 5.91 Å². The van der Waals surface area contributed by atoms with Gasteiger partial charge in [0.2, 0.25) is 0 Å². The van der Waals surface area contributed by atoms with Gasteiger partial charge in [0.05, 0.1) is 13.2 Å². The Bertz CT molecular complexity index is 1040. The number of nitrogens with one attached hydrogen (secondary N) is 2. The van der Waals surface area contributed by atoms with E-state index in [0.717, 1.165) is 24.3 Å². The topological polar surface area (TPSA) is 68.8 Å². The molecule has 0 aliphatic rings. The number of ether oxygens (including phenoxy) is 3. The lowest BCUT2D eigenvalue weighted by Gasteiger charge is -2.12. The fourth-order valence-electron chi connectivity index (χ4n) is 3.18. The molecule has 1 amide bonds. The molecule has 0 aliphatic heterocycles. The summed E-state index contributed by atoms with van der Waals surface area (Å²) in [5.41, 5.74) is 2.52. The van der Waals surface area contributed by atoms with E-state index in [0.29, 0.717) is 37.7 Å². The summed E-state index contributed by atoms with van der Waals surface area (Å²) in [6.07, 6.45) is 1.89. The van der Waals surface area contributed by atoms with Crippen LogP contribution in [0.15, 0.2) is 78.9 Å². The second-order valence-electron chi connectivity index (χ2n) is 7.44. The lowest BCUT2D eigenvalue weighted by atomic mass is 10.1. The first-order valence-corrected chi connectivity index (χ1v) is 11.7. The summed E-state index contributed by atoms with van der Waals surface area (Å²) >= 11 is 5.30. The predicted molar refractivity (Wildman–Crippen MR) is 139 cm³/mol. The predicted octanol–water partition coefficient (Wildman–Crippen LogP) is 5.24. The van der Waals surface area contributed by atoms with Crippen LogP contribution in [0.5, 0.6) is 11.5 Å². The molecule has 0 aromatic heterocycles. The summed E-state index contributed by atoms with van der Waals surface area (Å²) in [7, 11) is 0. The molecule has 3 aromatic carbocycles. The monoisotopic (exact) mass is 478 g/mol. The Labute approximate surface area is 206 Å². The highest BCUT2D eigenvalue weighted by Crippen LogP contribution is 2.18. The number of thiocarbonyl (C=S) groups is 1. The minimum Gasteiger partial charge on any atom is -0.494 e. The number of amides is 1. The lowest BCUT2D eigenvalue weighted by molar-refractivity contribution is 0.0977. The Morgan fingerprint density at radius 2 is 1.62 bits per heavy atom. The van der Waals surface area contributed by atoms with Crippen molar-refractivity contribution in [1.82, 2.24) is 5.32 Å². The normalized spacial score (nSPS) is 10.4. The molecule has 0 saturated heterocycles. The van der Waals surface area contributed by atoms with Crippen molar-refractivity contribution >= 4 is 28.9 Å². The van der Waals surface area contributed by atoms with Crippen LogP contribution in [0.3, 0.4) is 0 Å². The fourth-order valence-corrected chi connectivity index (χ4v) is 3.39. The Balaban J connectivity index is 1.42. The molecule has 178 valence electrons. The highest BCUT2D eigenvalue weighted by atomic mass is 32.1. The van der Waals surface area contributed by atoms with E-state index in [1.165, 1.54) is 5.56 Å². The van der Waals surface area contributed by atoms with Gasteiger partial charge in [-0.2, -0.15) is 0 Å². The fraction of sp³-hybridized carbons (Fsp3) is 0.259. The maximum Gasteiger partial charge on any atom is 0.257 e. The second-order valence-corrected chi connectivity index (χ2v) is 7.85. The van der Waals surface area contributed by atoms with Crippen LogP contribution in [0.2, 0.25) is 0 Å². The van der Waals surface area contributed by atoms with Crippen molar-refractivity contribution in [3.8, 4) is 11.5 Å². The first-order chi connectivity index (χ1) is 16.6. The Hall–Kier alpha value is -3.42. The van der Waals surface area contributed by atoms with Crippen molar-refractivity contribution in [2.24, 2.45) is 0 Å². The van der Waals surface area contributed by atoms with E-state index in [1.54, 1.807) is 24.3 Å². The number of benzene rings is 3. The van der Waals surface area contributed by atoms with Gasteiger partial charge < -0.3 is 19.5 Å². The number of carbonyl (C=O) groups excluding carboxylic acids is 1. The second kappa shape index (κ2) is 14.0. The van der Waals surface area contributed by atoms with Crippen LogP contribution in [0.4, 0.5) is 5.69 Å². The number of hydrogen-bond donors (Lipinski definition) is 2. The van der Waals surface area contributed by atoms with Gasteiger partial charge in [-0.1, -0.05) is 36.4 Å². The minimum absolute atomic E-state index is 0.211. The zero-order valence-electron chi connectivity index (χ0n) is 19.3. The summed E-state index contributed by atoms with van der Waals surface area (Å²) in [5.74, 6) is 1.12. The van der Waals surface area contributed by atoms with Crippen LogP contribution in [0, 0.1) is 0 Å². The van der Waals surface area contributed by atoms with Crippen molar-refractivity contribution in [1.29, 1.82) is 0 Å². The van der Waals surface area contributed by atoms with Crippen LogP contribution in [-0.4, -0.2) is 37.4 Å². The molecule has 2 N–H and O–H groups in total. The molecule has 0 fully saturated rings. The van der Waals surface area contributed by atoms with E-state index in [4.69, 9.17) is 26.4 Å². The van der Waals surface area contributed by atoms with Gasteiger partial charge in [-0.05, 0) is 73.9 Å². The van der Waals surface area contributed by atoms with E-state index >= 15 is 0 Å². The number of hydrogen-bond acceptors (Lipinski definition) is 5. The summed E-state index contributed by atoms with van der Waals surface area (Å²) in [6.45, 7) is 4.20. The van der Waals surface area contributed by atoms with E-state index < -0.39 is 0 Å². The van der Waals surface area contributed by atoms with Crippen LogP contribution >= 0.6 is 12.2 Å². The van der Waals surface area contributed by atoms with E-state index in [9.17, 15) is 4.79 Å². The maximum atomic E-state index is 12.5. The van der Waals surface area contributed by atoms with Gasteiger partial charge in [-0.3, -0.25) is 10.1 Å². The summed E-state index contributed by atoms with van der Waals surface area (Å²) in [5, 5.41) is 5.94. The van der Waals surface area contributed by atoms with Gasteiger partial charge in [0, 0.05) is 23.9 Å². The number of aryl methyl sites for hydroxylation is 1. The van der Waals surface area contributed by atoms with Crippen molar-refractivity contribution in [3.63, 3.8) is 0 Å². The zero-order chi connectivity index (χ0) is 24.0. The standard InChI is InChI=1S/C27H30N2O4S/c1-2-31-18-19-33-24-15-13-22(14-16-24)26(30)29-27(34)28-23-11-6-12-25(20-23)32-17-7-10-21-8-4-3-5-9-21/h3-6,8-9,11-16,20H,2,7,10,17-19H2,1H3,(H2,28,29,30,34). The molecular weight excluding hydrogens is 448 g/mol. The van der Waals surface area contributed by atoms with Crippen LogP contribution in [-0.2, 0) is 11.2 Å². The quantitative estimate of drug-likeness (QED) is 0.274. The SMILES string of the molecule is CCOCCOc1ccc(C(=O)NC(=S)Nc2cccc(OCCCc3ccccc3)c2)cc1. The third-order valence-electron chi connectivity index (χ3n) is 4.86. The summed E-state index contributed by atoms with van der Waals surface area (Å²) in [6, 6.07) is 24.7. The third-order valence-corrected chi connectivity index (χ3v) is 5.06. The van der Waals surface area contributed by atoms with Crippen molar-refractivity contribution in [3.05, 3.63) is 90.0 Å². The first-order valence-electron chi connectivity index (χ1n) is 11.3. The Kier molecular flexibility index (Phi) is 10.4. The molecule has 0 aliphatic carbocycles. The molecule has 6 nitrogen and oxygen atoms in total. The van der Waals surface area contributed by atoms with Crippen LogP contribution in [0.1, 0.15) is 29.3 Å². The molecule has 3 aromatic rings. The van der Waals surface area contributed by atoms with Crippen molar-refractivity contribution < 1.29 is 19.0 Å². The van der Waals surface area contributed by atoms with Crippen LogP contribution in [0.25, 0.3) is 0 Å². The number of rotatable bonds is 12. The maximum absolute atomic E-state index is 12.5. The largest absolute Gasteiger partial charge is 0.494 e. The average Bonchev–Trinajstić information content (AvgIpc) is 2.86. The van der Waals surface area contributed by atoms with Gasteiger partial charge in [0.15, 0.2) is 5.11 Å². The lowest BCUT2D eigenvalue weighted by Crippen LogP contribution is -2.34. The van der Waals surface area contributed by atoms with Gasteiger partial charge in [-0.25, -0.2) is 0 Å². The highest BCUT2D eigenvalue weighted by Gasteiger charge is 2.09. The molecule has 0 spiro atoms. The molecule has 0 atom stereocenters. The number of carbonyl (C=O) groups is 1. The van der Waals surface area contributed by atoms with Gasteiger partial charge >= 0.3 is 0 Å². The molecular formula is C27H30N2O4S. The third kappa shape index (κ3) is 8.84. The molecule has 3 rings (SSSR count). The van der Waals surface area contributed by atoms with Crippen molar-refractivity contribution in [2.75, 3.05) is 31.7 Å². The molecule has 7 heteroatoms. The molecule has 0 radical (unpaired) electrons. The molecule has 0 heterocycles. The van der Waals surface area contributed by atoms with Crippen LogP contribution < -0.4 is 20.1 Å². The summed E-state index contributed by atoms with van der Waals surface area (Å²) in [4.78, 5) is 12.5. The van der Waals surface area contributed by atoms with Gasteiger partial charge in [-0.15, -0.1) is 0 Å². The molecule has 0 bridgehead atoms. The summed E-state index contributed by atoms with van der Waals surface area (Å²) < 4.78 is 16.7. The number of anilines is 1. The Morgan fingerprint density at radius 1 is 0.853 bits per heavy atom. The van der Waals surface area contributed by atoms with E-state index in [1.807, 2.05) is 49.4 Å². The minimum atomic E-state index is -0.299.